The highest BCUT2D eigenvalue weighted by molar-refractivity contribution is 7.81. The van der Waals surface area contributed by atoms with Crippen molar-refractivity contribution in [1.29, 1.82) is 0 Å². The molecule has 0 aliphatic heterocycles. The molecule has 2 aromatic rings. The summed E-state index contributed by atoms with van der Waals surface area (Å²) < 4.78 is 15.7. The highest BCUT2D eigenvalue weighted by atomic mass is 32.1. The van der Waals surface area contributed by atoms with Gasteiger partial charge in [-0.15, -0.1) is 0 Å². The summed E-state index contributed by atoms with van der Waals surface area (Å²) in [7, 11) is 0. The first-order valence-corrected chi connectivity index (χ1v) is 5.47. The zero-order valence-electron chi connectivity index (χ0n) is 8.65. The second kappa shape index (κ2) is 5.03. The molecule has 0 amide bonds. The minimum absolute atomic E-state index is 0.256. The van der Waals surface area contributed by atoms with Gasteiger partial charge in [0.05, 0.1) is 5.69 Å². The first-order valence-electron chi connectivity index (χ1n) is 5.02. The highest BCUT2D eigenvalue weighted by Gasteiger charge is 2.03. The maximum atomic E-state index is 13.0. The lowest BCUT2D eigenvalue weighted by molar-refractivity contribution is 0.628. The van der Waals surface area contributed by atoms with Crippen LogP contribution >= 0.6 is 12.8 Å². The van der Waals surface area contributed by atoms with Crippen LogP contribution in [0.2, 0.25) is 0 Å². The molecule has 0 atom stereocenters. The van der Waals surface area contributed by atoms with E-state index >= 15 is 0 Å². The van der Waals surface area contributed by atoms with Crippen molar-refractivity contribution in [3.63, 3.8) is 0 Å². The zero-order chi connectivity index (χ0) is 11.4. The Bertz CT molecular complexity index is 471. The molecule has 2 aromatic carbocycles. The Labute approximate surface area is 99.9 Å². The molecule has 1 nitrogen and oxygen atoms in total. The van der Waals surface area contributed by atoms with E-state index in [1.807, 2.05) is 30.3 Å². The summed E-state index contributed by atoms with van der Waals surface area (Å²) in [6.07, 6.45) is 0.768. The third kappa shape index (κ3) is 2.55. The minimum atomic E-state index is -0.256. The third-order valence-corrected chi connectivity index (χ3v) is 2.67. The number of nitrogens with one attached hydrogen (secondary N) is 1. The molecule has 0 heterocycles. The fourth-order valence-electron chi connectivity index (χ4n) is 1.62. The molecule has 0 radical (unpaired) electrons. The molecule has 2 rings (SSSR count). The summed E-state index contributed by atoms with van der Waals surface area (Å²) in [6, 6.07) is 14.8. The number of hydrogen-bond acceptors (Lipinski definition) is 2. The van der Waals surface area contributed by atoms with E-state index < -0.39 is 0 Å². The van der Waals surface area contributed by atoms with Crippen molar-refractivity contribution >= 4 is 18.5 Å². The van der Waals surface area contributed by atoms with Crippen molar-refractivity contribution in [2.24, 2.45) is 0 Å². The molecule has 0 aromatic heterocycles. The predicted molar refractivity (Wildman–Crippen MR) is 68.3 cm³/mol. The average molecular weight is 233 g/mol. The fraction of sp³-hybridized carbons (Fsp3) is 0.0769. The van der Waals surface area contributed by atoms with Crippen molar-refractivity contribution in [2.75, 3.05) is 4.72 Å². The fourth-order valence-corrected chi connectivity index (χ4v) is 1.83. The van der Waals surface area contributed by atoms with Crippen LogP contribution in [0.4, 0.5) is 10.1 Å². The van der Waals surface area contributed by atoms with Gasteiger partial charge in [-0.1, -0.05) is 49.2 Å². The van der Waals surface area contributed by atoms with E-state index in [1.165, 1.54) is 17.7 Å². The summed E-state index contributed by atoms with van der Waals surface area (Å²) in [5.41, 5.74) is 2.94. The van der Waals surface area contributed by atoms with E-state index in [0.717, 1.165) is 12.0 Å². The number of rotatable bonds is 3. The average Bonchev–Trinajstić information content (AvgIpc) is 2.33. The summed E-state index contributed by atoms with van der Waals surface area (Å²) in [6.45, 7) is 0. The van der Waals surface area contributed by atoms with E-state index in [2.05, 4.69) is 17.5 Å². The van der Waals surface area contributed by atoms with Gasteiger partial charge in [0.1, 0.15) is 5.82 Å². The number of halogens is 1. The van der Waals surface area contributed by atoms with Crippen LogP contribution in [0.5, 0.6) is 0 Å². The molecule has 1 N–H and O–H groups in total. The molecule has 0 bridgehead atoms. The largest absolute Gasteiger partial charge is 0.332 e. The predicted octanol–water partition coefficient (Wildman–Crippen LogP) is 3.67. The van der Waals surface area contributed by atoms with E-state index in [9.17, 15) is 4.39 Å². The SMILES string of the molecule is Fc1ccc(Cc2ccccc2)c(NS)c1. The van der Waals surface area contributed by atoms with Crippen molar-refractivity contribution in [2.45, 2.75) is 6.42 Å². The molecule has 0 fully saturated rings. The molecule has 82 valence electrons. The van der Waals surface area contributed by atoms with E-state index in [4.69, 9.17) is 0 Å². The summed E-state index contributed by atoms with van der Waals surface area (Å²) in [5, 5.41) is 0. The Kier molecular flexibility index (Phi) is 3.47. The lowest BCUT2D eigenvalue weighted by atomic mass is 10.0. The Balaban J connectivity index is 2.28. The van der Waals surface area contributed by atoms with Gasteiger partial charge >= 0.3 is 0 Å². The first kappa shape index (κ1) is 11.0. The normalized spacial score (nSPS) is 10.1. The summed E-state index contributed by atoms with van der Waals surface area (Å²) in [5.74, 6) is -0.256. The van der Waals surface area contributed by atoms with E-state index in [1.54, 1.807) is 6.07 Å². The molecule has 0 spiro atoms. The lowest BCUT2D eigenvalue weighted by Gasteiger charge is -2.08. The quantitative estimate of drug-likeness (QED) is 0.771. The van der Waals surface area contributed by atoms with E-state index in [-0.39, 0.29) is 5.82 Å². The molecule has 3 heteroatoms. The maximum Gasteiger partial charge on any atom is 0.125 e. The summed E-state index contributed by atoms with van der Waals surface area (Å²) >= 11 is 3.98. The van der Waals surface area contributed by atoms with E-state index in [0.29, 0.717) is 5.69 Å². The lowest BCUT2D eigenvalue weighted by Crippen LogP contribution is -1.94. The number of thiol groups is 1. The summed E-state index contributed by atoms with van der Waals surface area (Å²) in [4.78, 5) is 0. The van der Waals surface area contributed by atoms with Gasteiger partial charge in [-0.25, -0.2) is 4.39 Å². The Morgan fingerprint density at radius 2 is 1.81 bits per heavy atom. The second-order valence-corrected chi connectivity index (χ2v) is 3.80. The minimum Gasteiger partial charge on any atom is -0.332 e. The van der Waals surface area contributed by atoms with Crippen molar-refractivity contribution in [3.8, 4) is 0 Å². The molecule has 0 unspecified atom stereocenters. The first-order chi connectivity index (χ1) is 7.79. The monoisotopic (exact) mass is 233 g/mol. The smallest absolute Gasteiger partial charge is 0.125 e. The van der Waals surface area contributed by atoms with Crippen molar-refractivity contribution < 1.29 is 4.39 Å². The van der Waals surface area contributed by atoms with Crippen molar-refractivity contribution in [1.82, 2.24) is 0 Å². The van der Waals surface area contributed by atoms with Crippen molar-refractivity contribution in [3.05, 3.63) is 65.5 Å². The third-order valence-electron chi connectivity index (χ3n) is 2.43. The standard InChI is InChI=1S/C13H12FNS/c14-12-7-6-11(13(9-12)15-16)8-10-4-2-1-3-5-10/h1-7,9,15-16H,8H2. The van der Waals surface area contributed by atoms with Crippen LogP contribution in [0.15, 0.2) is 48.5 Å². The zero-order valence-corrected chi connectivity index (χ0v) is 9.55. The molecule has 0 saturated heterocycles. The van der Waals surface area contributed by atoms with Gasteiger partial charge in [-0.2, -0.15) is 0 Å². The van der Waals surface area contributed by atoms with Crippen LogP contribution in [0.1, 0.15) is 11.1 Å². The second-order valence-electron chi connectivity index (χ2n) is 3.58. The Morgan fingerprint density at radius 3 is 2.50 bits per heavy atom. The van der Waals surface area contributed by atoms with Crippen LogP contribution in [0.25, 0.3) is 0 Å². The topological polar surface area (TPSA) is 12.0 Å². The Hall–Kier alpha value is -1.48. The molecule has 0 aliphatic carbocycles. The van der Waals surface area contributed by atoms with Gasteiger partial charge in [0.15, 0.2) is 0 Å². The van der Waals surface area contributed by atoms with Gasteiger partial charge in [0, 0.05) is 0 Å². The Morgan fingerprint density at radius 1 is 1.06 bits per heavy atom. The van der Waals surface area contributed by atoms with Crippen LogP contribution in [0.3, 0.4) is 0 Å². The number of benzene rings is 2. The highest BCUT2D eigenvalue weighted by Crippen LogP contribution is 2.21. The molecule has 16 heavy (non-hydrogen) atoms. The number of hydrogen-bond donors (Lipinski definition) is 2. The number of anilines is 1. The van der Waals surface area contributed by atoms with Gasteiger partial charge in [0.2, 0.25) is 0 Å². The van der Waals surface area contributed by atoms with Gasteiger partial charge in [0.25, 0.3) is 0 Å². The van der Waals surface area contributed by atoms with Gasteiger partial charge in [-0.3, -0.25) is 0 Å². The molecule has 0 aliphatic rings. The molecular formula is C13H12FNS. The molecular weight excluding hydrogens is 221 g/mol. The van der Waals surface area contributed by atoms with Crippen LogP contribution in [0, 0.1) is 5.82 Å². The van der Waals surface area contributed by atoms with Crippen LogP contribution in [-0.2, 0) is 6.42 Å². The molecule has 0 saturated carbocycles. The maximum absolute atomic E-state index is 13.0. The van der Waals surface area contributed by atoms with Gasteiger partial charge in [-0.05, 0) is 29.7 Å². The van der Waals surface area contributed by atoms with Crippen LogP contribution < -0.4 is 4.72 Å². The van der Waals surface area contributed by atoms with Gasteiger partial charge < -0.3 is 4.72 Å². The van der Waals surface area contributed by atoms with Crippen LogP contribution in [-0.4, -0.2) is 0 Å².